The zero-order chi connectivity index (χ0) is 31.4. The van der Waals surface area contributed by atoms with E-state index in [2.05, 4.69) is 38.2 Å². The first kappa shape index (κ1) is 33.9. The van der Waals surface area contributed by atoms with Gasteiger partial charge < -0.3 is 31.3 Å². The quantitative estimate of drug-likeness (QED) is 0.0562. The highest BCUT2D eigenvalue weighted by Gasteiger charge is 2.23. The average molecular weight is 632 g/mol. The lowest BCUT2D eigenvalue weighted by atomic mass is 9.95. The van der Waals surface area contributed by atoms with Crippen molar-refractivity contribution < 1.29 is 17.9 Å². The van der Waals surface area contributed by atoms with Crippen LogP contribution in [0.15, 0.2) is 58.9 Å². The summed E-state index contributed by atoms with van der Waals surface area (Å²) in [5.41, 5.74) is 1.79. The van der Waals surface area contributed by atoms with Crippen molar-refractivity contribution in [3.63, 3.8) is 0 Å². The highest BCUT2D eigenvalue weighted by Crippen LogP contribution is 2.35. The first-order chi connectivity index (χ1) is 20.6. The zero-order valence-electron chi connectivity index (χ0n) is 24.9. The molecule has 0 heterocycles. The molecule has 11 nitrogen and oxygen atoms in total. The third-order valence-electron chi connectivity index (χ3n) is 6.98. The van der Waals surface area contributed by atoms with Gasteiger partial charge in [-0.25, -0.2) is 8.42 Å². The number of alkyl halides is 1. The van der Waals surface area contributed by atoms with E-state index in [1.54, 1.807) is 44.2 Å². The van der Waals surface area contributed by atoms with Crippen molar-refractivity contribution in [1.29, 1.82) is 5.41 Å². The van der Waals surface area contributed by atoms with E-state index in [1.807, 2.05) is 0 Å². The van der Waals surface area contributed by atoms with E-state index in [-0.39, 0.29) is 22.6 Å². The number of nitrogens with zero attached hydrogens (tertiary/aromatic N) is 1. The minimum atomic E-state index is -3.58. The Morgan fingerprint density at radius 2 is 1.79 bits per heavy atom. The second-order valence-corrected chi connectivity index (χ2v) is 13.1. The van der Waals surface area contributed by atoms with Crippen LogP contribution in [0.3, 0.4) is 0 Å². The summed E-state index contributed by atoms with van der Waals surface area (Å²) < 4.78 is 31.3. The van der Waals surface area contributed by atoms with Crippen LogP contribution >= 0.6 is 11.6 Å². The summed E-state index contributed by atoms with van der Waals surface area (Å²) in [6.07, 6.45) is 7.36. The number of amidine groups is 1. The number of hydrogen-bond donors (Lipinski definition) is 6. The molecule has 0 bridgehead atoms. The standard InChI is InChI=1S/C30H42ClN7O4S/c1-5-29(39)36-24-17-25(26(42-4)18-23(24)34-16-15-33-21-11-7-6-8-12-21)37-30(32)38-28(19-31)35-22-13-9-10-14-27(22)43(40,41)20(2)3/h5,9-10,13-14,17-18,20-21,33-34H,1,6-8,11-12,15-16,19H2,2-4H3,(H,36,39)(H3,32,35,37,38). The molecule has 1 amide bonds. The van der Waals surface area contributed by atoms with E-state index in [0.29, 0.717) is 41.1 Å². The SMILES string of the molecule is C=CC(=O)Nc1cc(NC(=N)/N=C(\CCl)Nc2ccccc2S(=O)(=O)C(C)C)c(OC)cc1NCCNC1CCCCC1. The van der Waals surface area contributed by atoms with Gasteiger partial charge in [-0.2, -0.15) is 4.99 Å². The number of carbonyl (C=O) groups is 1. The predicted octanol–water partition coefficient (Wildman–Crippen LogP) is 5.43. The van der Waals surface area contributed by atoms with Crippen LogP contribution in [0, 0.1) is 5.41 Å². The Balaban J connectivity index is 1.79. The third kappa shape index (κ3) is 9.70. The Labute approximate surface area is 259 Å². The van der Waals surface area contributed by atoms with Crippen LogP contribution in [-0.2, 0) is 14.6 Å². The molecular formula is C30H42ClN7O4S. The number of ether oxygens (including phenoxy) is 1. The van der Waals surface area contributed by atoms with E-state index in [1.165, 1.54) is 51.4 Å². The lowest BCUT2D eigenvalue weighted by Gasteiger charge is -2.23. The number of nitrogens with one attached hydrogen (secondary N) is 6. The number of sulfone groups is 1. The molecule has 0 radical (unpaired) electrons. The smallest absolute Gasteiger partial charge is 0.247 e. The molecule has 1 fully saturated rings. The molecule has 1 aliphatic rings. The molecule has 1 saturated carbocycles. The third-order valence-corrected chi connectivity index (χ3v) is 9.44. The number of anilines is 4. The zero-order valence-corrected chi connectivity index (χ0v) is 26.5. The molecule has 6 N–H and O–H groups in total. The van der Waals surface area contributed by atoms with Gasteiger partial charge in [0.2, 0.25) is 11.9 Å². The molecule has 3 rings (SSSR count). The first-order valence-electron chi connectivity index (χ1n) is 14.3. The number of hydrogen-bond acceptors (Lipinski definition) is 7. The first-order valence-corrected chi connectivity index (χ1v) is 16.4. The molecule has 1 aliphatic carbocycles. The molecule has 2 aromatic rings. The molecule has 0 spiro atoms. The molecule has 0 aliphatic heterocycles. The van der Waals surface area contributed by atoms with Gasteiger partial charge in [0.25, 0.3) is 0 Å². The predicted molar refractivity (Wildman–Crippen MR) is 177 cm³/mol. The van der Waals surface area contributed by atoms with Crippen LogP contribution in [0.2, 0.25) is 0 Å². The number of aliphatic imine (C=N–C) groups is 1. The highest BCUT2D eigenvalue weighted by atomic mass is 35.5. The second kappa shape index (κ2) is 16.3. The number of rotatable bonds is 13. The summed E-state index contributed by atoms with van der Waals surface area (Å²) in [6, 6.07) is 10.4. The fourth-order valence-corrected chi connectivity index (χ4v) is 6.00. The Bertz CT molecular complexity index is 1420. The van der Waals surface area contributed by atoms with E-state index in [4.69, 9.17) is 21.7 Å². The number of methoxy groups -OCH3 is 1. The molecule has 0 atom stereocenters. The topological polar surface area (TPSA) is 157 Å². The van der Waals surface area contributed by atoms with Gasteiger partial charge in [-0.1, -0.05) is 38.0 Å². The largest absolute Gasteiger partial charge is 0.494 e. The van der Waals surface area contributed by atoms with E-state index >= 15 is 0 Å². The summed E-state index contributed by atoms with van der Waals surface area (Å²) in [4.78, 5) is 16.6. The van der Waals surface area contributed by atoms with Gasteiger partial charge in [-0.05, 0) is 51.0 Å². The Morgan fingerprint density at radius 1 is 1.07 bits per heavy atom. The van der Waals surface area contributed by atoms with E-state index in [0.717, 1.165) is 6.54 Å². The number of amides is 1. The van der Waals surface area contributed by atoms with Crippen LogP contribution < -0.4 is 31.3 Å². The van der Waals surface area contributed by atoms with Crippen molar-refractivity contribution in [2.45, 2.75) is 62.1 Å². The van der Waals surface area contributed by atoms with E-state index in [9.17, 15) is 13.2 Å². The van der Waals surface area contributed by atoms with Crippen molar-refractivity contribution in [2.75, 3.05) is 47.3 Å². The number of guanidine groups is 1. The molecule has 0 aromatic heterocycles. The molecule has 13 heteroatoms. The maximum Gasteiger partial charge on any atom is 0.247 e. The van der Waals surface area contributed by atoms with Crippen LogP contribution in [0.25, 0.3) is 0 Å². The van der Waals surface area contributed by atoms with Gasteiger partial charge >= 0.3 is 0 Å². The minimum Gasteiger partial charge on any atom is -0.494 e. The van der Waals surface area contributed by atoms with Crippen LogP contribution in [0.4, 0.5) is 22.7 Å². The summed E-state index contributed by atoms with van der Waals surface area (Å²) in [6.45, 7) is 8.14. The second-order valence-electron chi connectivity index (χ2n) is 10.4. The Morgan fingerprint density at radius 3 is 2.44 bits per heavy atom. The maximum atomic E-state index is 12.8. The maximum absolute atomic E-state index is 12.8. The molecule has 234 valence electrons. The fraction of sp³-hybridized carbons (Fsp3) is 0.433. The summed E-state index contributed by atoms with van der Waals surface area (Å²) >= 11 is 6.12. The van der Waals surface area contributed by atoms with Crippen molar-refractivity contribution in [2.24, 2.45) is 4.99 Å². The molecule has 2 aromatic carbocycles. The van der Waals surface area contributed by atoms with Crippen LogP contribution in [-0.4, -0.2) is 63.5 Å². The van der Waals surface area contributed by atoms with Crippen molar-refractivity contribution in [1.82, 2.24) is 5.32 Å². The van der Waals surface area contributed by atoms with Gasteiger partial charge in [-0.15, -0.1) is 11.6 Å². The monoisotopic (exact) mass is 631 g/mol. The molecular weight excluding hydrogens is 590 g/mol. The van der Waals surface area contributed by atoms with Crippen LogP contribution in [0.1, 0.15) is 46.0 Å². The Kier molecular flexibility index (Phi) is 12.8. The number of halogens is 1. The van der Waals surface area contributed by atoms with Crippen LogP contribution in [0.5, 0.6) is 5.75 Å². The van der Waals surface area contributed by atoms with Gasteiger partial charge in [0.1, 0.15) is 11.6 Å². The summed E-state index contributed by atoms with van der Waals surface area (Å²) in [5, 5.41) is 23.4. The fourth-order valence-electron chi connectivity index (χ4n) is 4.67. The summed E-state index contributed by atoms with van der Waals surface area (Å²) in [5.74, 6) is -0.225. The Hall–Kier alpha value is -3.61. The molecule has 0 unspecified atom stereocenters. The normalized spacial score (nSPS) is 14.2. The van der Waals surface area contributed by atoms with Gasteiger partial charge in [-0.3, -0.25) is 10.2 Å². The number of benzene rings is 2. The highest BCUT2D eigenvalue weighted by molar-refractivity contribution is 7.92. The van der Waals surface area contributed by atoms with E-state index < -0.39 is 21.0 Å². The molecule has 0 saturated heterocycles. The summed E-state index contributed by atoms with van der Waals surface area (Å²) in [7, 11) is -2.08. The minimum absolute atomic E-state index is 0.114. The lowest BCUT2D eigenvalue weighted by Crippen LogP contribution is -2.34. The van der Waals surface area contributed by atoms with Gasteiger partial charge in [0.15, 0.2) is 9.84 Å². The van der Waals surface area contributed by atoms with Gasteiger partial charge in [0, 0.05) is 25.2 Å². The lowest BCUT2D eigenvalue weighted by molar-refractivity contribution is -0.111. The van der Waals surface area contributed by atoms with Gasteiger partial charge in [0.05, 0.1) is 45.9 Å². The number of carbonyl (C=O) groups excluding carboxylic acids is 1. The number of para-hydroxylation sites is 1. The molecule has 43 heavy (non-hydrogen) atoms. The van der Waals surface area contributed by atoms with Crippen molar-refractivity contribution >= 4 is 61.9 Å². The van der Waals surface area contributed by atoms with Crippen molar-refractivity contribution in [3.05, 3.63) is 49.1 Å². The average Bonchev–Trinajstić information content (AvgIpc) is 3.00. The van der Waals surface area contributed by atoms with Crippen molar-refractivity contribution in [3.8, 4) is 5.75 Å².